The Bertz CT molecular complexity index is 929. The summed E-state index contributed by atoms with van der Waals surface area (Å²) < 4.78 is 1.64. The molecule has 0 radical (unpaired) electrons. The number of amides is 1. The number of carboxylic acids is 1. The van der Waals surface area contributed by atoms with Gasteiger partial charge < -0.3 is 14.6 Å². The average molecular weight is 336 g/mol. The van der Waals surface area contributed by atoms with Crippen molar-refractivity contribution in [1.29, 1.82) is 0 Å². The van der Waals surface area contributed by atoms with Crippen LogP contribution in [0.4, 0.5) is 0 Å². The molecule has 1 aromatic heterocycles. The van der Waals surface area contributed by atoms with Crippen molar-refractivity contribution < 1.29 is 14.7 Å². The fourth-order valence-corrected chi connectivity index (χ4v) is 3.15. The summed E-state index contributed by atoms with van der Waals surface area (Å²) in [6.45, 7) is 0.493. The van der Waals surface area contributed by atoms with Crippen LogP contribution in [0.2, 0.25) is 0 Å². The summed E-state index contributed by atoms with van der Waals surface area (Å²) in [5, 5.41) is 10.4. The molecule has 0 bridgehead atoms. The molecule has 0 aliphatic heterocycles. The molecule has 2 aromatic carbocycles. The number of aromatic nitrogens is 1. The van der Waals surface area contributed by atoms with Gasteiger partial charge in [-0.05, 0) is 11.6 Å². The minimum Gasteiger partial charge on any atom is -0.477 e. The largest absolute Gasteiger partial charge is 0.477 e. The monoisotopic (exact) mass is 336 g/mol. The van der Waals surface area contributed by atoms with Crippen molar-refractivity contribution in [1.82, 2.24) is 9.47 Å². The SMILES string of the molecule is CN(Cc1ccccc1)C(=O)Cc1c(C(=O)O)n(C)c2ccccc12. The smallest absolute Gasteiger partial charge is 0.352 e. The van der Waals surface area contributed by atoms with Crippen molar-refractivity contribution in [2.24, 2.45) is 7.05 Å². The fourth-order valence-electron chi connectivity index (χ4n) is 3.15. The molecule has 0 aliphatic rings. The zero-order valence-corrected chi connectivity index (χ0v) is 14.3. The molecule has 0 fully saturated rings. The van der Waals surface area contributed by atoms with Crippen molar-refractivity contribution in [3.05, 3.63) is 71.4 Å². The number of fused-ring (bicyclic) bond motifs is 1. The number of hydrogen-bond donors (Lipinski definition) is 1. The van der Waals surface area contributed by atoms with Gasteiger partial charge in [0, 0.05) is 37.1 Å². The van der Waals surface area contributed by atoms with E-state index < -0.39 is 5.97 Å². The van der Waals surface area contributed by atoms with Gasteiger partial charge in [-0.25, -0.2) is 4.79 Å². The number of aryl methyl sites for hydroxylation is 1. The van der Waals surface area contributed by atoms with Crippen LogP contribution in [0, 0.1) is 0 Å². The van der Waals surface area contributed by atoms with Gasteiger partial charge in [0.25, 0.3) is 0 Å². The third kappa shape index (κ3) is 3.26. The van der Waals surface area contributed by atoms with Crippen molar-refractivity contribution >= 4 is 22.8 Å². The fraction of sp³-hybridized carbons (Fsp3) is 0.200. The standard InChI is InChI=1S/C20H20N2O3/c1-21(13-14-8-4-3-5-9-14)18(23)12-16-15-10-6-7-11-17(15)22(2)19(16)20(24)25/h3-11H,12-13H2,1-2H3,(H,24,25). The first kappa shape index (κ1) is 16.8. The van der Waals surface area contributed by atoms with Gasteiger partial charge in [0.15, 0.2) is 0 Å². The Morgan fingerprint density at radius 1 is 1.04 bits per heavy atom. The maximum absolute atomic E-state index is 12.7. The maximum Gasteiger partial charge on any atom is 0.352 e. The second-order valence-electron chi connectivity index (χ2n) is 6.12. The molecule has 3 aromatic rings. The lowest BCUT2D eigenvalue weighted by atomic mass is 10.1. The number of hydrogen-bond acceptors (Lipinski definition) is 2. The molecular formula is C20H20N2O3. The second kappa shape index (κ2) is 6.81. The minimum atomic E-state index is -1.02. The average Bonchev–Trinajstić information content (AvgIpc) is 2.88. The normalized spacial score (nSPS) is 10.8. The Labute approximate surface area is 146 Å². The van der Waals surface area contributed by atoms with Crippen LogP contribution >= 0.6 is 0 Å². The van der Waals surface area contributed by atoms with Crippen LogP contribution in [0.1, 0.15) is 21.6 Å². The highest BCUT2D eigenvalue weighted by atomic mass is 16.4. The van der Waals surface area contributed by atoms with Gasteiger partial charge in [-0.15, -0.1) is 0 Å². The van der Waals surface area contributed by atoms with Gasteiger partial charge in [-0.1, -0.05) is 48.5 Å². The van der Waals surface area contributed by atoms with Crippen LogP contribution in [0.5, 0.6) is 0 Å². The third-order valence-electron chi connectivity index (χ3n) is 4.43. The van der Waals surface area contributed by atoms with E-state index in [-0.39, 0.29) is 18.0 Å². The topological polar surface area (TPSA) is 62.5 Å². The lowest BCUT2D eigenvalue weighted by Crippen LogP contribution is -2.28. The van der Waals surface area contributed by atoms with Crippen LogP contribution < -0.4 is 0 Å². The van der Waals surface area contributed by atoms with Crippen molar-refractivity contribution in [3.63, 3.8) is 0 Å². The summed E-state index contributed by atoms with van der Waals surface area (Å²) >= 11 is 0. The Hall–Kier alpha value is -3.08. The van der Waals surface area contributed by atoms with Crippen LogP contribution in [0.3, 0.4) is 0 Å². The Morgan fingerprint density at radius 2 is 1.68 bits per heavy atom. The van der Waals surface area contributed by atoms with E-state index in [2.05, 4.69) is 0 Å². The van der Waals surface area contributed by atoms with Crippen LogP contribution in [0.25, 0.3) is 10.9 Å². The van der Waals surface area contributed by atoms with Crippen LogP contribution in [-0.2, 0) is 24.8 Å². The summed E-state index contributed by atoms with van der Waals surface area (Å²) in [5.74, 6) is -1.13. The van der Waals surface area contributed by atoms with Gasteiger partial charge in [-0.2, -0.15) is 0 Å². The number of carbonyl (C=O) groups is 2. The van der Waals surface area contributed by atoms with Crippen LogP contribution in [-0.4, -0.2) is 33.5 Å². The van der Waals surface area contributed by atoms with E-state index in [1.807, 2.05) is 54.6 Å². The first-order valence-corrected chi connectivity index (χ1v) is 8.06. The van der Waals surface area contributed by atoms with Gasteiger partial charge in [0.2, 0.25) is 5.91 Å². The first-order chi connectivity index (χ1) is 12.0. The summed E-state index contributed by atoms with van der Waals surface area (Å²) in [6.07, 6.45) is 0.0618. The summed E-state index contributed by atoms with van der Waals surface area (Å²) in [6, 6.07) is 17.2. The Kier molecular flexibility index (Phi) is 4.57. The van der Waals surface area contributed by atoms with E-state index in [9.17, 15) is 14.7 Å². The van der Waals surface area contributed by atoms with E-state index in [0.717, 1.165) is 16.5 Å². The molecule has 5 nitrogen and oxygen atoms in total. The molecule has 0 aliphatic carbocycles. The Balaban J connectivity index is 1.90. The highest BCUT2D eigenvalue weighted by molar-refractivity contribution is 6.00. The minimum absolute atomic E-state index is 0.0618. The predicted molar refractivity (Wildman–Crippen MR) is 96.5 cm³/mol. The van der Waals surface area contributed by atoms with E-state index in [1.54, 1.807) is 23.6 Å². The van der Waals surface area contributed by atoms with Gasteiger partial charge in [0.1, 0.15) is 5.69 Å². The van der Waals surface area contributed by atoms with E-state index >= 15 is 0 Å². The zero-order valence-electron chi connectivity index (χ0n) is 14.3. The Morgan fingerprint density at radius 3 is 2.36 bits per heavy atom. The maximum atomic E-state index is 12.7. The van der Waals surface area contributed by atoms with E-state index in [0.29, 0.717) is 12.1 Å². The lowest BCUT2D eigenvalue weighted by molar-refractivity contribution is -0.129. The number of rotatable bonds is 5. The molecule has 0 saturated carbocycles. The molecule has 3 rings (SSSR count). The summed E-state index contributed by atoms with van der Waals surface area (Å²) in [7, 11) is 3.45. The number of aromatic carboxylic acids is 1. The first-order valence-electron chi connectivity index (χ1n) is 8.06. The van der Waals surface area contributed by atoms with Gasteiger partial charge >= 0.3 is 5.97 Å². The van der Waals surface area contributed by atoms with Gasteiger partial charge in [-0.3, -0.25) is 4.79 Å². The predicted octanol–water partition coefficient (Wildman–Crippen LogP) is 3.08. The second-order valence-corrected chi connectivity index (χ2v) is 6.12. The van der Waals surface area contributed by atoms with Crippen molar-refractivity contribution in [3.8, 4) is 0 Å². The molecule has 25 heavy (non-hydrogen) atoms. The molecular weight excluding hydrogens is 316 g/mol. The number of carboxylic acid groups (broad SMARTS) is 1. The molecule has 5 heteroatoms. The molecule has 0 atom stereocenters. The summed E-state index contributed by atoms with van der Waals surface area (Å²) in [4.78, 5) is 26.0. The lowest BCUT2D eigenvalue weighted by Gasteiger charge is -2.17. The van der Waals surface area contributed by atoms with E-state index in [4.69, 9.17) is 0 Å². The molecule has 1 N–H and O–H groups in total. The molecule has 1 heterocycles. The highest BCUT2D eigenvalue weighted by Gasteiger charge is 2.23. The summed E-state index contributed by atoms with van der Waals surface area (Å²) in [5.41, 5.74) is 2.58. The number of likely N-dealkylation sites (N-methyl/N-ethyl adjacent to an activating group) is 1. The van der Waals surface area contributed by atoms with Crippen molar-refractivity contribution in [2.75, 3.05) is 7.05 Å². The van der Waals surface area contributed by atoms with E-state index in [1.165, 1.54) is 0 Å². The molecule has 1 amide bonds. The van der Waals surface area contributed by atoms with Crippen molar-refractivity contribution in [2.45, 2.75) is 13.0 Å². The highest BCUT2D eigenvalue weighted by Crippen LogP contribution is 2.26. The molecule has 0 unspecified atom stereocenters. The van der Waals surface area contributed by atoms with Crippen LogP contribution in [0.15, 0.2) is 54.6 Å². The number of carbonyl (C=O) groups excluding carboxylic acids is 1. The third-order valence-corrected chi connectivity index (χ3v) is 4.43. The number of para-hydroxylation sites is 1. The quantitative estimate of drug-likeness (QED) is 0.779. The van der Waals surface area contributed by atoms with Gasteiger partial charge in [0.05, 0.1) is 6.42 Å². The molecule has 128 valence electrons. The molecule has 0 spiro atoms. The number of nitrogens with zero attached hydrogens (tertiary/aromatic N) is 2. The molecule has 0 saturated heterocycles. The number of benzene rings is 2. The zero-order chi connectivity index (χ0) is 18.0.